The monoisotopic (exact) mass is 119 g/mol. The van der Waals surface area contributed by atoms with E-state index in [0.717, 1.165) is 0 Å². The molecule has 0 unspecified atom stereocenters. The van der Waals surface area contributed by atoms with Crippen molar-refractivity contribution in [2.75, 3.05) is 0 Å². The summed E-state index contributed by atoms with van der Waals surface area (Å²) in [5.41, 5.74) is 1.21. The van der Waals surface area contributed by atoms with Crippen molar-refractivity contribution in [2.45, 2.75) is 6.92 Å². The van der Waals surface area contributed by atoms with Crippen LogP contribution in [0, 0.1) is 6.92 Å². The minimum atomic E-state index is 0. The topological polar surface area (TPSA) is 12.9 Å². The van der Waals surface area contributed by atoms with Crippen molar-refractivity contribution in [3.05, 3.63) is 30.1 Å². The van der Waals surface area contributed by atoms with Crippen molar-refractivity contribution in [1.29, 1.82) is 0 Å². The van der Waals surface area contributed by atoms with E-state index in [9.17, 15) is 0 Å². The molecule has 0 atom stereocenters. The van der Waals surface area contributed by atoms with E-state index in [4.69, 9.17) is 0 Å². The zero-order valence-electron chi connectivity index (χ0n) is 6.96. The van der Waals surface area contributed by atoms with Gasteiger partial charge in [-0.25, -0.2) is 0 Å². The average molecular weight is 119 g/mol. The van der Waals surface area contributed by atoms with Gasteiger partial charge in [0.05, 0.1) is 0 Å². The molecule has 0 saturated carbocycles. The number of rotatable bonds is 0. The SMILES string of the molecule is Cc1cccnc1.[H-].[H-].[Mg+2]. The van der Waals surface area contributed by atoms with Crippen LogP contribution in [-0.4, -0.2) is 28.0 Å². The first kappa shape index (κ1) is 7.92. The molecule has 0 N–H and O–H groups in total. The maximum Gasteiger partial charge on any atom is 2.00 e. The van der Waals surface area contributed by atoms with Crippen LogP contribution in [-0.2, 0) is 0 Å². The van der Waals surface area contributed by atoms with Crippen LogP contribution in [0.5, 0.6) is 0 Å². The molecule has 1 aromatic rings. The first-order valence-corrected chi connectivity index (χ1v) is 2.26. The minimum Gasteiger partial charge on any atom is -1.00 e. The predicted molar refractivity (Wildman–Crippen MR) is 37.0 cm³/mol. The molecule has 40 valence electrons. The average Bonchev–Trinajstić information content (AvgIpc) is 1.69. The van der Waals surface area contributed by atoms with Crippen LogP contribution in [0.2, 0.25) is 0 Å². The molecule has 0 aliphatic heterocycles. The van der Waals surface area contributed by atoms with Crippen molar-refractivity contribution >= 4 is 23.1 Å². The number of hydrogen-bond donors (Lipinski definition) is 0. The Labute approximate surface area is 68.3 Å². The van der Waals surface area contributed by atoms with E-state index in [0.29, 0.717) is 0 Å². The minimum absolute atomic E-state index is 0. The molecule has 0 radical (unpaired) electrons. The van der Waals surface area contributed by atoms with E-state index >= 15 is 0 Å². The Kier molecular flexibility index (Phi) is 3.82. The van der Waals surface area contributed by atoms with Gasteiger partial charge in [-0.3, -0.25) is 4.98 Å². The first-order valence-electron chi connectivity index (χ1n) is 2.26. The molecule has 0 saturated heterocycles. The third-order valence-corrected chi connectivity index (χ3v) is 0.809. The van der Waals surface area contributed by atoms with Crippen LogP contribution in [0.1, 0.15) is 8.42 Å². The zero-order chi connectivity index (χ0) is 5.11. The summed E-state index contributed by atoms with van der Waals surface area (Å²) >= 11 is 0. The maximum absolute atomic E-state index is 3.88. The fourth-order valence-electron chi connectivity index (χ4n) is 0.448. The smallest absolute Gasteiger partial charge is 1.00 e. The third-order valence-electron chi connectivity index (χ3n) is 0.809. The summed E-state index contributed by atoms with van der Waals surface area (Å²) < 4.78 is 0. The normalized spacial score (nSPS) is 7.62. The second-order valence-corrected chi connectivity index (χ2v) is 1.53. The molecule has 8 heavy (non-hydrogen) atoms. The van der Waals surface area contributed by atoms with Crippen molar-refractivity contribution in [3.63, 3.8) is 0 Å². The van der Waals surface area contributed by atoms with E-state index in [1.165, 1.54) is 5.56 Å². The second kappa shape index (κ2) is 3.86. The van der Waals surface area contributed by atoms with Gasteiger partial charge in [-0.05, 0) is 18.6 Å². The largest absolute Gasteiger partial charge is 2.00 e. The maximum atomic E-state index is 3.88. The van der Waals surface area contributed by atoms with Crippen LogP contribution in [0.15, 0.2) is 24.5 Å². The van der Waals surface area contributed by atoms with E-state index in [1.807, 2.05) is 25.3 Å². The van der Waals surface area contributed by atoms with Gasteiger partial charge in [-0.15, -0.1) is 0 Å². The van der Waals surface area contributed by atoms with Gasteiger partial charge in [0.1, 0.15) is 0 Å². The van der Waals surface area contributed by atoms with Crippen molar-refractivity contribution in [2.24, 2.45) is 0 Å². The van der Waals surface area contributed by atoms with Crippen molar-refractivity contribution < 1.29 is 2.85 Å². The van der Waals surface area contributed by atoms with Crippen LogP contribution >= 0.6 is 0 Å². The Morgan fingerprint density at radius 3 is 2.62 bits per heavy atom. The molecule has 0 aliphatic carbocycles. The van der Waals surface area contributed by atoms with Gasteiger partial charge in [0.15, 0.2) is 0 Å². The number of pyridine rings is 1. The van der Waals surface area contributed by atoms with E-state index < -0.39 is 0 Å². The first-order chi connectivity index (χ1) is 3.39. The molecular weight excluding hydrogens is 110 g/mol. The van der Waals surface area contributed by atoms with Crippen LogP contribution in [0.25, 0.3) is 0 Å². The Balaban J connectivity index is -0.000000163. The van der Waals surface area contributed by atoms with Gasteiger partial charge in [0.2, 0.25) is 0 Å². The van der Waals surface area contributed by atoms with E-state index in [2.05, 4.69) is 4.98 Å². The Morgan fingerprint density at radius 2 is 2.38 bits per heavy atom. The molecule has 0 fully saturated rings. The molecule has 1 rings (SSSR count). The zero-order valence-corrected chi connectivity index (χ0v) is 6.38. The molecular formula is C6H9MgN. The van der Waals surface area contributed by atoms with E-state index in [-0.39, 0.29) is 25.9 Å². The number of aromatic nitrogens is 1. The number of aryl methyl sites for hydroxylation is 1. The van der Waals surface area contributed by atoms with Gasteiger partial charge < -0.3 is 2.85 Å². The van der Waals surface area contributed by atoms with Crippen LogP contribution in [0.3, 0.4) is 0 Å². The predicted octanol–water partition coefficient (Wildman–Crippen LogP) is 1.23. The van der Waals surface area contributed by atoms with Gasteiger partial charge in [0, 0.05) is 12.4 Å². The quantitative estimate of drug-likeness (QED) is 0.468. The molecule has 0 aliphatic rings. The third kappa shape index (κ3) is 2.28. The molecule has 1 nitrogen and oxygen atoms in total. The molecule has 0 bridgehead atoms. The summed E-state index contributed by atoms with van der Waals surface area (Å²) in [5.74, 6) is 0. The standard InChI is InChI=1S/C6H7N.Mg.2H/c1-6-3-2-4-7-5-6;;;/h2-5H,1H3;;;/q;+2;2*-1. The Hall–Kier alpha value is -0.0838. The van der Waals surface area contributed by atoms with E-state index in [1.54, 1.807) is 6.20 Å². The summed E-state index contributed by atoms with van der Waals surface area (Å²) in [7, 11) is 0. The van der Waals surface area contributed by atoms with Crippen molar-refractivity contribution in [3.8, 4) is 0 Å². The number of nitrogens with zero attached hydrogens (tertiary/aromatic N) is 1. The van der Waals surface area contributed by atoms with Gasteiger partial charge >= 0.3 is 23.1 Å². The fraction of sp³-hybridized carbons (Fsp3) is 0.167. The molecule has 2 heteroatoms. The summed E-state index contributed by atoms with van der Waals surface area (Å²) in [5, 5.41) is 0. The van der Waals surface area contributed by atoms with Crippen LogP contribution in [0.4, 0.5) is 0 Å². The molecule has 0 spiro atoms. The van der Waals surface area contributed by atoms with Gasteiger partial charge in [-0.1, -0.05) is 6.07 Å². The fourth-order valence-corrected chi connectivity index (χ4v) is 0.448. The van der Waals surface area contributed by atoms with Gasteiger partial charge in [-0.2, -0.15) is 0 Å². The summed E-state index contributed by atoms with van der Waals surface area (Å²) in [6, 6.07) is 3.95. The Morgan fingerprint density at radius 1 is 1.62 bits per heavy atom. The van der Waals surface area contributed by atoms with Crippen molar-refractivity contribution in [1.82, 2.24) is 4.98 Å². The molecule has 0 amide bonds. The van der Waals surface area contributed by atoms with Crippen LogP contribution < -0.4 is 0 Å². The molecule has 1 heterocycles. The van der Waals surface area contributed by atoms with Gasteiger partial charge in [0.25, 0.3) is 0 Å². The summed E-state index contributed by atoms with van der Waals surface area (Å²) in [4.78, 5) is 3.88. The molecule has 0 aromatic carbocycles. The molecule has 1 aromatic heterocycles. The summed E-state index contributed by atoms with van der Waals surface area (Å²) in [6.07, 6.45) is 3.60. The second-order valence-electron chi connectivity index (χ2n) is 1.53. The Bertz CT molecular complexity index is 146. The number of hydrogen-bond acceptors (Lipinski definition) is 1. The summed E-state index contributed by atoms with van der Waals surface area (Å²) in [6.45, 7) is 2.02.